The van der Waals surface area contributed by atoms with Gasteiger partial charge in [-0.1, -0.05) is 47.6 Å². The number of rotatable bonds is 2. The molecule has 0 fully saturated rings. The molecule has 0 aliphatic heterocycles. The summed E-state index contributed by atoms with van der Waals surface area (Å²) in [7, 11) is 0. The van der Waals surface area contributed by atoms with E-state index < -0.39 is 0 Å². The maximum absolute atomic E-state index is 9.44. The minimum Gasteiger partial charge on any atom is -0.410 e. The van der Waals surface area contributed by atoms with Crippen LogP contribution in [0.15, 0.2) is 59.8 Å². The molecule has 102 valence electrons. The van der Waals surface area contributed by atoms with Gasteiger partial charge in [-0.3, -0.25) is 4.40 Å². The minimum absolute atomic E-state index is 0.435. The molecule has 0 unspecified atom stereocenters. The number of nitrogens with zero attached hydrogens (tertiary/aromatic N) is 4. The molecule has 0 bridgehead atoms. The van der Waals surface area contributed by atoms with Gasteiger partial charge in [-0.25, -0.2) is 4.98 Å². The number of hydrogen-bond donors (Lipinski definition) is 1. The average molecular weight is 294 g/mol. The summed E-state index contributed by atoms with van der Waals surface area (Å²) in [5.74, 6) is 0.595. The topological polar surface area (TPSA) is 62.8 Å². The predicted octanol–water partition coefficient (Wildman–Crippen LogP) is 3.17. The molecule has 0 amide bonds. The SMILES string of the molecule is O/N=C(\c1ccccc1)c1nsc2nc3ccccc3n12. The first-order valence-corrected chi connectivity index (χ1v) is 7.16. The van der Waals surface area contributed by atoms with Gasteiger partial charge < -0.3 is 5.21 Å². The molecule has 0 aliphatic rings. The van der Waals surface area contributed by atoms with Crippen molar-refractivity contribution < 1.29 is 5.21 Å². The van der Waals surface area contributed by atoms with Crippen molar-refractivity contribution >= 4 is 33.2 Å². The predicted molar refractivity (Wildman–Crippen MR) is 82.2 cm³/mol. The Balaban J connectivity index is 2.02. The molecule has 4 rings (SSSR count). The fourth-order valence-electron chi connectivity index (χ4n) is 2.37. The number of hydrogen-bond acceptors (Lipinski definition) is 5. The highest BCUT2D eigenvalue weighted by atomic mass is 32.1. The van der Waals surface area contributed by atoms with Crippen molar-refractivity contribution in [3.05, 3.63) is 66.0 Å². The summed E-state index contributed by atoms with van der Waals surface area (Å²) in [5.41, 5.74) is 3.10. The lowest BCUT2D eigenvalue weighted by molar-refractivity contribution is 0.319. The van der Waals surface area contributed by atoms with Crippen molar-refractivity contribution in [2.75, 3.05) is 0 Å². The Morgan fingerprint density at radius 1 is 1.05 bits per heavy atom. The summed E-state index contributed by atoms with van der Waals surface area (Å²) in [5, 5.41) is 12.9. The summed E-state index contributed by atoms with van der Waals surface area (Å²) in [6.07, 6.45) is 0. The van der Waals surface area contributed by atoms with E-state index in [1.807, 2.05) is 59.0 Å². The second kappa shape index (κ2) is 4.68. The third-order valence-electron chi connectivity index (χ3n) is 3.31. The van der Waals surface area contributed by atoms with Crippen molar-refractivity contribution in [2.45, 2.75) is 0 Å². The number of para-hydroxylation sites is 2. The summed E-state index contributed by atoms with van der Waals surface area (Å²) >= 11 is 1.29. The van der Waals surface area contributed by atoms with Gasteiger partial charge in [0, 0.05) is 17.1 Å². The van der Waals surface area contributed by atoms with Crippen LogP contribution < -0.4 is 0 Å². The smallest absolute Gasteiger partial charge is 0.214 e. The van der Waals surface area contributed by atoms with Crippen LogP contribution in [0.3, 0.4) is 0 Å². The normalized spacial score (nSPS) is 12.3. The van der Waals surface area contributed by atoms with Gasteiger partial charge in [0.05, 0.1) is 11.0 Å². The molecule has 0 aliphatic carbocycles. The van der Waals surface area contributed by atoms with Gasteiger partial charge in [0.2, 0.25) is 4.96 Å². The van der Waals surface area contributed by atoms with Gasteiger partial charge in [0.1, 0.15) is 0 Å². The fraction of sp³-hybridized carbons (Fsp3) is 0. The third kappa shape index (κ3) is 1.80. The Bertz CT molecular complexity index is 956. The summed E-state index contributed by atoms with van der Waals surface area (Å²) in [6, 6.07) is 17.3. The first kappa shape index (κ1) is 12.0. The van der Waals surface area contributed by atoms with Gasteiger partial charge in [0.25, 0.3) is 0 Å². The highest BCUT2D eigenvalue weighted by molar-refractivity contribution is 7.11. The van der Waals surface area contributed by atoms with Gasteiger partial charge in [-0.15, -0.1) is 0 Å². The van der Waals surface area contributed by atoms with Crippen LogP contribution in [0.2, 0.25) is 0 Å². The highest BCUT2D eigenvalue weighted by Crippen LogP contribution is 2.22. The van der Waals surface area contributed by atoms with Crippen molar-refractivity contribution in [2.24, 2.45) is 5.16 Å². The van der Waals surface area contributed by atoms with Gasteiger partial charge >= 0.3 is 0 Å². The number of fused-ring (bicyclic) bond motifs is 3. The van der Waals surface area contributed by atoms with Crippen LogP contribution in [0, 0.1) is 0 Å². The van der Waals surface area contributed by atoms with Crippen LogP contribution in [-0.4, -0.2) is 24.7 Å². The van der Waals surface area contributed by atoms with Gasteiger partial charge in [-0.2, -0.15) is 4.37 Å². The van der Waals surface area contributed by atoms with Crippen LogP contribution in [-0.2, 0) is 0 Å². The Morgan fingerprint density at radius 2 is 1.81 bits per heavy atom. The van der Waals surface area contributed by atoms with Crippen LogP contribution in [0.1, 0.15) is 11.4 Å². The van der Waals surface area contributed by atoms with E-state index in [4.69, 9.17) is 0 Å². The summed E-state index contributed by atoms with van der Waals surface area (Å²) < 4.78 is 6.32. The Labute approximate surface area is 124 Å². The molecule has 4 aromatic rings. The van der Waals surface area contributed by atoms with Gasteiger partial charge in [0.15, 0.2) is 11.5 Å². The van der Waals surface area contributed by atoms with Crippen molar-refractivity contribution in [3.63, 3.8) is 0 Å². The molecule has 0 radical (unpaired) electrons. The average Bonchev–Trinajstić information content (AvgIpc) is 3.09. The van der Waals surface area contributed by atoms with Crippen LogP contribution in [0.25, 0.3) is 16.0 Å². The lowest BCUT2D eigenvalue weighted by Crippen LogP contribution is -2.08. The molecular weight excluding hydrogens is 284 g/mol. The maximum Gasteiger partial charge on any atom is 0.214 e. The van der Waals surface area contributed by atoms with Crippen LogP contribution in [0.4, 0.5) is 0 Å². The molecule has 2 aromatic carbocycles. The molecule has 0 atom stereocenters. The molecule has 6 heteroatoms. The maximum atomic E-state index is 9.44. The van der Waals surface area contributed by atoms with E-state index in [1.54, 1.807) is 0 Å². The number of aromatic nitrogens is 3. The van der Waals surface area contributed by atoms with E-state index in [2.05, 4.69) is 14.5 Å². The van der Waals surface area contributed by atoms with E-state index in [0.29, 0.717) is 11.5 Å². The second-order valence-electron chi connectivity index (χ2n) is 4.54. The minimum atomic E-state index is 0.435. The Morgan fingerprint density at radius 3 is 2.62 bits per heavy atom. The molecule has 21 heavy (non-hydrogen) atoms. The van der Waals surface area contributed by atoms with E-state index in [9.17, 15) is 5.21 Å². The van der Waals surface area contributed by atoms with E-state index >= 15 is 0 Å². The van der Waals surface area contributed by atoms with E-state index in [1.165, 1.54) is 11.5 Å². The molecule has 0 spiro atoms. The molecule has 0 saturated carbocycles. The van der Waals surface area contributed by atoms with Crippen molar-refractivity contribution in [1.82, 2.24) is 13.8 Å². The third-order valence-corrected chi connectivity index (χ3v) is 4.02. The summed E-state index contributed by atoms with van der Waals surface area (Å²) in [4.78, 5) is 5.31. The first-order valence-electron chi connectivity index (χ1n) is 6.39. The molecule has 0 saturated heterocycles. The van der Waals surface area contributed by atoms with Crippen LogP contribution in [0.5, 0.6) is 0 Å². The van der Waals surface area contributed by atoms with E-state index in [-0.39, 0.29) is 0 Å². The Kier molecular flexibility index (Phi) is 2.68. The molecule has 2 heterocycles. The van der Waals surface area contributed by atoms with Crippen LogP contribution >= 0.6 is 11.5 Å². The van der Waals surface area contributed by atoms with Crippen molar-refractivity contribution in [1.29, 1.82) is 0 Å². The summed E-state index contributed by atoms with van der Waals surface area (Å²) in [6.45, 7) is 0. The quantitative estimate of drug-likeness (QED) is 0.351. The zero-order chi connectivity index (χ0) is 14.2. The lowest BCUT2D eigenvalue weighted by atomic mass is 10.1. The number of oxime groups is 1. The monoisotopic (exact) mass is 294 g/mol. The van der Waals surface area contributed by atoms with E-state index in [0.717, 1.165) is 21.6 Å². The van der Waals surface area contributed by atoms with Gasteiger partial charge in [-0.05, 0) is 12.1 Å². The molecule has 2 aromatic heterocycles. The zero-order valence-corrected chi connectivity index (χ0v) is 11.7. The first-order chi connectivity index (χ1) is 10.4. The number of benzene rings is 2. The molecule has 1 N–H and O–H groups in total. The second-order valence-corrected chi connectivity index (χ2v) is 5.27. The lowest BCUT2D eigenvalue weighted by Gasteiger charge is -2.02. The zero-order valence-electron chi connectivity index (χ0n) is 10.8. The molecular formula is C15H10N4OS. The molecule has 5 nitrogen and oxygen atoms in total. The largest absolute Gasteiger partial charge is 0.410 e. The number of imidazole rings is 1. The standard InChI is InChI=1S/C15H10N4OS/c20-17-13(10-6-2-1-3-7-10)14-18-21-15-16-11-8-4-5-9-12(11)19(14)15/h1-9,20H/b17-13+. The highest BCUT2D eigenvalue weighted by Gasteiger charge is 2.18. The van der Waals surface area contributed by atoms with Crippen molar-refractivity contribution in [3.8, 4) is 0 Å². The Hall–Kier alpha value is -2.73. The fourth-order valence-corrected chi connectivity index (χ4v) is 3.11.